The van der Waals surface area contributed by atoms with Gasteiger partial charge in [-0.1, -0.05) is 54.9 Å². The Morgan fingerprint density at radius 3 is 1.59 bits per heavy atom. The largest absolute Gasteiger partial charge is 0.351 e. The average Bonchev–Trinajstić information content (AvgIpc) is 2.20. The molecule has 0 atom stereocenters. The Bertz CT molecular complexity index is 183. The molecule has 0 aliphatic heterocycles. The van der Waals surface area contributed by atoms with E-state index in [-0.39, 0.29) is 11.4 Å². The van der Waals surface area contributed by atoms with Gasteiger partial charge in [-0.05, 0) is 25.7 Å². The molecule has 0 aromatic rings. The molecule has 0 fully saturated rings. The lowest BCUT2D eigenvalue weighted by Crippen LogP contribution is -2.45. The van der Waals surface area contributed by atoms with Crippen molar-refractivity contribution in [2.75, 3.05) is 0 Å². The number of rotatable bonds is 4. The summed E-state index contributed by atoms with van der Waals surface area (Å²) in [6.07, 6.45) is 2.14. The van der Waals surface area contributed by atoms with Gasteiger partial charge in [-0.25, -0.2) is 0 Å². The number of nitrogens with one attached hydrogen (secondary N) is 1. The molecule has 1 amide bonds. The van der Waals surface area contributed by atoms with Crippen molar-refractivity contribution in [2.24, 2.45) is 5.41 Å². The Labute approximate surface area is 110 Å². The van der Waals surface area contributed by atoms with E-state index < -0.39 is 0 Å². The molecule has 0 bridgehead atoms. The molecule has 0 spiro atoms. The molecule has 106 valence electrons. The summed E-state index contributed by atoms with van der Waals surface area (Å²) in [6.45, 7) is 20.4. The van der Waals surface area contributed by atoms with Gasteiger partial charge in [0.15, 0.2) is 0 Å². The Hall–Kier alpha value is -0.530. The van der Waals surface area contributed by atoms with Gasteiger partial charge in [-0.15, -0.1) is 0 Å². The molecule has 0 saturated heterocycles. The summed E-state index contributed by atoms with van der Waals surface area (Å²) in [4.78, 5) is 10.9. The molecule has 0 rings (SSSR count). The molecule has 0 unspecified atom stereocenters. The van der Waals surface area contributed by atoms with Gasteiger partial charge in [0.2, 0.25) is 5.91 Å². The van der Waals surface area contributed by atoms with E-state index >= 15 is 0 Å². The summed E-state index contributed by atoms with van der Waals surface area (Å²) in [6, 6.07) is 0. The minimum Gasteiger partial charge on any atom is -0.351 e. The lowest BCUT2D eigenvalue weighted by atomic mass is 9.78. The van der Waals surface area contributed by atoms with Crippen molar-refractivity contribution in [1.29, 1.82) is 0 Å². The topological polar surface area (TPSA) is 29.1 Å². The summed E-state index contributed by atoms with van der Waals surface area (Å²) < 4.78 is 0. The van der Waals surface area contributed by atoms with E-state index in [9.17, 15) is 4.79 Å². The first-order valence-electron chi connectivity index (χ1n) is 6.97. The van der Waals surface area contributed by atoms with Gasteiger partial charge < -0.3 is 5.32 Å². The van der Waals surface area contributed by atoms with Gasteiger partial charge in [0, 0.05) is 12.5 Å². The van der Waals surface area contributed by atoms with Crippen LogP contribution < -0.4 is 5.32 Å². The van der Waals surface area contributed by atoms with Gasteiger partial charge in [-0.2, -0.15) is 0 Å². The van der Waals surface area contributed by atoms with Crippen molar-refractivity contribution in [3.63, 3.8) is 0 Å². The van der Waals surface area contributed by atoms with Crippen molar-refractivity contribution in [3.8, 4) is 0 Å². The van der Waals surface area contributed by atoms with Gasteiger partial charge in [0.05, 0.1) is 0 Å². The summed E-state index contributed by atoms with van der Waals surface area (Å²) in [5, 5.41) is 2.97. The van der Waals surface area contributed by atoms with Gasteiger partial charge in [0.1, 0.15) is 0 Å². The van der Waals surface area contributed by atoms with Crippen LogP contribution in [-0.4, -0.2) is 11.4 Å². The molecule has 0 saturated carbocycles. The van der Waals surface area contributed by atoms with E-state index in [4.69, 9.17) is 0 Å². The number of carbonyl (C=O) groups is 1. The zero-order valence-corrected chi connectivity index (χ0v) is 13.8. The zero-order chi connectivity index (χ0) is 14.7. The maximum absolute atomic E-state index is 10.9. The van der Waals surface area contributed by atoms with E-state index in [1.165, 1.54) is 0 Å². The highest BCUT2D eigenvalue weighted by Gasteiger charge is 2.27. The quantitative estimate of drug-likeness (QED) is 0.758. The third-order valence-corrected chi connectivity index (χ3v) is 2.39. The fourth-order valence-electron chi connectivity index (χ4n) is 1.84. The molecule has 0 heterocycles. The van der Waals surface area contributed by atoms with Crippen LogP contribution in [0.1, 0.15) is 82.1 Å². The Morgan fingerprint density at radius 1 is 1.00 bits per heavy atom. The van der Waals surface area contributed by atoms with Gasteiger partial charge in [0.25, 0.3) is 0 Å². The number of amides is 1. The predicted molar refractivity (Wildman–Crippen MR) is 79.3 cm³/mol. The summed E-state index contributed by atoms with van der Waals surface area (Å²) in [7, 11) is 0. The Balaban J connectivity index is -0.000000439. The average molecular weight is 245 g/mol. The molecule has 0 aliphatic rings. The van der Waals surface area contributed by atoms with Gasteiger partial charge >= 0.3 is 0 Å². The Morgan fingerprint density at radius 2 is 1.35 bits per heavy atom. The summed E-state index contributed by atoms with van der Waals surface area (Å²) in [5.74, 6) is 0.0527. The SMILES string of the molecule is CC.CC.CCC(C)(C)CC(C)(C)NC(C)=O. The molecule has 0 aromatic heterocycles. The highest BCUT2D eigenvalue weighted by Crippen LogP contribution is 2.30. The molecular formula is C15H35NO. The monoisotopic (exact) mass is 245 g/mol. The third-order valence-electron chi connectivity index (χ3n) is 2.39. The fourth-order valence-corrected chi connectivity index (χ4v) is 1.84. The molecule has 0 aliphatic carbocycles. The number of carbonyl (C=O) groups excluding carboxylic acids is 1. The highest BCUT2D eigenvalue weighted by molar-refractivity contribution is 5.73. The lowest BCUT2D eigenvalue weighted by Gasteiger charge is -2.34. The van der Waals surface area contributed by atoms with Crippen LogP contribution in [0.25, 0.3) is 0 Å². The van der Waals surface area contributed by atoms with E-state index in [0.29, 0.717) is 5.41 Å². The molecule has 2 nitrogen and oxygen atoms in total. The highest BCUT2D eigenvalue weighted by atomic mass is 16.1. The lowest BCUT2D eigenvalue weighted by molar-refractivity contribution is -0.120. The van der Waals surface area contributed by atoms with Crippen LogP contribution in [0, 0.1) is 5.41 Å². The van der Waals surface area contributed by atoms with Crippen molar-refractivity contribution in [1.82, 2.24) is 5.32 Å². The van der Waals surface area contributed by atoms with Crippen LogP contribution in [0.4, 0.5) is 0 Å². The molecule has 0 radical (unpaired) electrons. The first-order chi connectivity index (χ1) is 7.68. The van der Waals surface area contributed by atoms with Crippen LogP contribution in [0.2, 0.25) is 0 Å². The second kappa shape index (κ2) is 10.6. The van der Waals surface area contributed by atoms with Crippen LogP contribution in [-0.2, 0) is 4.79 Å². The third kappa shape index (κ3) is 15.5. The van der Waals surface area contributed by atoms with Gasteiger partial charge in [-0.3, -0.25) is 4.79 Å². The standard InChI is InChI=1S/C11H23NO.2C2H6/c1-7-10(3,4)8-11(5,6)12-9(2)13;2*1-2/h7-8H2,1-6H3,(H,12,13);2*1-2H3. The Kier molecular flexibility index (Phi) is 13.6. The minimum absolute atomic E-state index is 0.0527. The van der Waals surface area contributed by atoms with Crippen molar-refractivity contribution in [2.45, 2.75) is 87.6 Å². The minimum atomic E-state index is -0.0919. The second-order valence-electron chi connectivity index (χ2n) is 5.26. The molecule has 17 heavy (non-hydrogen) atoms. The number of hydrogen-bond donors (Lipinski definition) is 1. The van der Waals surface area contributed by atoms with Crippen LogP contribution in [0.5, 0.6) is 0 Å². The van der Waals surface area contributed by atoms with E-state index in [0.717, 1.165) is 12.8 Å². The van der Waals surface area contributed by atoms with E-state index in [2.05, 4.69) is 39.9 Å². The normalized spacial score (nSPS) is 10.5. The van der Waals surface area contributed by atoms with Crippen LogP contribution >= 0.6 is 0 Å². The summed E-state index contributed by atoms with van der Waals surface area (Å²) in [5.41, 5.74) is 0.206. The predicted octanol–water partition coefficient (Wildman–Crippen LogP) is 4.78. The summed E-state index contributed by atoms with van der Waals surface area (Å²) >= 11 is 0. The first kappa shape index (κ1) is 21.7. The second-order valence-corrected chi connectivity index (χ2v) is 5.26. The smallest absolute Gasteiger partial charge is 0.217 e. The molecule has 2 heteroatoms. The van der Waals surface area contributed by atoms with Crippen LogP contribution in [0.15, 0.2) is 0 Å². The van der Waals surface area contributed by atoms with E-state index in [1.54, 1.807) is 6.92 Å². The number of hydrogen-bond acceptors (Lipinski definition) is 1. The fraction of sp³-hybridized carbons (Fsp3) is 0.933. The first-order valence-corrected chi connectivity index (χ1v) is 6.97. The van der Waals surface area contributed by atoms with Crippen molar-refractivity contribution in [3.05, 3.63) is 0 Å². The zero-order valence-electron chi connectivity index (χ0n) is 13.8. The van der Waals surface area contributed by atoms with E-state index in [1.807, 2.05) is 27.7 Å². The maximum atomic E-state index is 10.9. The molecule has 0 aromatic carbocycles. The molecular weight excluding hydrogens is 210 g/mol. The maximum Gasteiger partial charge on any atom is 0.217 e. The van der Waals surface area contributed by atoms with Crippen molar-refractivity contribution < 1.29 is 4.79 Å². The van der Waals surface area contributed by atoms with Crippen molar-refractivity contribution >= 4 is 5.91 Å². The molecule has 1 N–H and O–H groups in total. The van der Waals surface area contributed by atoms with Crippen LogP contribution in [0.3, 0.4) is 0 Å².